The molecule has 23 heavy (non-hydrogen) atoms. The van der Waals surface area contributed by atoms with E-state index in [4.69, 9.17) is 9.47 Å². The van der Waals surface area contributed by atoms with Crippen molar-refractivity contribution in [3.8, 4) is 0 Å². The van der Waals surface area contributed by atoms with Crippen molar-refractivity contribution in [2.24, 2.45) is 4.99 Å². The summed E-state index contributed by atoms with van der Waals surface area (Å²) in [6.07, 6.45) is 6.37. The number of ether oxygens (including phenoxy) is 2. The Kier molecular flexibility index (Phi) is 8.71. The predicted molar refractivity (Wildman–Crippen MR) is 94.0 cm³/mol. The first-order chi connectivity index (χ1) is 11.3. The molecule has 0 aliphatic carbocycles. The van der Waals surface area contributed by atoms with Gasteiger partial charge in [-0.2, -0.15) is 0 Å². The van der Waals surface area contributed by atoms with Gasteiger partial charge in [-0.15, -0.1) is 0 Å². The molecule has 2 atom stereocenters. The number of likely N-dealkylation sites (tertiary alicyclic amines) is 1. The van der Waals surface area contributed by atoms with Gasteiger partial charge in [0, 0.05) is 45.9 Å². The molecule has 6 heteroatoms. The van der Waals surface area contributed by atoms with E-state index in [0.29, 0.717) is 6.10 Å². The van der Waals surface area contributed by atoms with E-state index in [0.717, 1.165) is 64.3 Å². The number of hydrogen-bond donors (Lipinski definition) is 2. The van der Waals surface area contributed by atoms with Crippen molar-refractivity contribution in [3.63, 3.8) is 0 Å². The summed E-state index contributed by atoms with van der Waals surface area (Å²) in [5, 5.41) is 6.76. The second kappa shape index (κ2) is 10.8. The zero-order chi connectivity index (χ0) is 16.3. The van der Waals surface area contributed by atoms with Gasteiger partial charge < -0.3 is 20.1 Å². The molecule has 134 valence electrons. The van der Waals surface area contributed by atoms with Crippen LogP contribution in [0.3, 0.4) is 0 Å². The van der Waals surface area contributed by atoms with E-state index in [1.807, 2.05) is 7.05 Å². The molecule has 0 saturated carbocycles. The minimum absolute atomic E-state index is 0.305. The molecule has 2 rings (SSSR count). The summed E-state index contributed by atoms with van der Waals surface area (Å²) in [5.74, 6) is 0.888. The molecule has 6 nitrogen and oxygen atoms in total. The largest absolute Gasteiger partial charge is 0.379 e. The van der Waals surface area contributed by atoms with E-state index >= 15 is 0 Å². The van der Waals surface area contributed by atoms with Gasteiger partial charge in [-0.25, -0.2) is 0 Å². The van der Waals surface area contributed by atoms with E-state index in [-0.39, 0.29) is 0 Å². The Morgan fingerprint density at radius 2 is 2.13 bits per heavy atom. The summed E-state index contributed by atoms with van der Waals surface area (Å²) in [7, 11) is 1.82. The summed E-state index contributed by atoms with van der Waals surface area (Å²) in [4.78, 5) is 6.85. The molecule has 2 fully saturated rings. The van der Waals surface area contributed by atoms with Crippen LogP contribution >= 0.6 is 0 Å². The first-order valence-corrected chi connectivity index (χ1v) is 9.17. The second-order valence-corrected chi connectivity index (χ2v) is 6.52. The Morgan fingerprint density at radius 3 is 2.87 bits per heavy atom. The maximum Gasteiger partial charge on any atom is 0.191 e. The Hall–Kier alpha value is -0.850. The molecule has 2 heterocycles. The fraction of sp³-hybridized carbons (Fsp3) is 0.941. The van der Waals surface area contributed by atoms with Crippen LogP contribution in [0.25, 0.3) is 0 Å². The number of piperidine rings is 1. The smallest absolute Gasteiger partial charge is 0.191 e. The van der Waals surface area contributed by atoms with Crippen molar-refractivity contribution in [3.05, 3.63) is 0 Å². The van der Waals surface area contributed by atoms with Crippen LogP contribution in [0.2, 0.25) is 0 Å². The molecule has 0 aromatic rings. The van der Waals surface area contributed by atoms with Crippen molar-refractivity contribution in [1.82, 2.24) is 15.5 Å². The Bertz CT molecular complexity index is 345. The molecule has 0 aromatic carbocycles. The van der Waals surface area contributed by atoms with Gasteiger partial charge in [0.1, 0.15) is 0 Å². The maximum atomic E-state index is 5.76. The average Bonchev–Trinajstić information content (AvgIpc) is 3.08. The second-order valence-electron chi connectivity index (χ2n) is 6.52. The highest BCUT2D eigenvalue weighted by Crippen LogP contribution is 2.15. The normalized spacial score (nSPS) is 26.4. The molecule has 0 amide bonds. The Balaban J connectivity index is 1.49. The van der Waals surface area contributed by atoms with Crippen LogP contribution < -0.4 is 10.6 Å². The first kappa shape index (κ1) is 18.5. The number of rotatable bonds is 8. The van der Waals surface area contributed by atoms with Gasteiger partial charge >= 0.3 is 0 Å². The number of nitrogens with zero attached hydrogens (tertiary/aromatic N) is 2. The maximum absolute atomic E-state index is 5.76. The topological polar surface area (TPSA) is 58.1 Å². The highest BCUT2D eigenvalue weighted by atomic mass is 16.5. The quantitative estimate of drug-likeness (QED) is 0.399. The summed E-state index contributed by atoms with van der Waals surface area (Å²) in [5.41, 5.74) is 0. The molecule has 0 aromatic heterocycles. The summed E-state index contributed by atoms with van der Waals surface area (Å²) < 4.78 is 11.1. The lowest BCUT2D eigenvalue weighted by Crippen LogP contribution is -2.45. The van der Waals surface area contributed by atoms with Gasteiger partial charge in [0.15, 0.2) is 5.96 Å². The fourth-order valence-electron chi connectivity index (χ4n) is 3.20. The van der Waals surface area contributed by atoms with Gasteiger partial charge in [-0.1, -0.05) is 6.42 Å². The minimum atomic E-state index is 0.305. The third kappa shape index (κ3) is 7.06. The van der Waals surface area contributed by atoms with Gasteiger partial charge in [-0.3, -0.25) is 9.89 Å². The Labute approximate surface area is 141 Å². The van der Waals surface area contributed by atoms with Crippen molar-refractivity contribution >= 4 is 5.96 Å². The van der Waals surface area contributed by atoms with Crippen LogP contribution in [0.4, 0.5) is 0 Å². The van der Waals surface area contributed by atoms with Crippen molar-refractivity contribution in [1.29, 1.82) is 0 Å². The highest BCUT2D eigenvalue weighted by molar-refractivity contribution is 5.79. The number of guanidine groups is 1. The van der Waals surface area contributed by atoms with Crippen LogP contribution in [0.1, 0.15) is 39.0 Å². The fourth-order valence-corrected chi connectivity index (χ4v) is 3.20. The SMILES string of the molecule is CN=C(NCCCOC1CCOC1)NCCN1CCCCC1C. The van der Waals surface area contributed by atoms with Crippen LogP contribution in [-0.2, 0) is 9.47 Å². The van der Waals surface area contributed by atoms with Crippen LogP contribution in [-0.4, -0.2) is 76.1 Å². The highest BCUT2D eigenvalue weighted by Gasteiger charge is 2.17. The first-order valence-electron chi connectivity index (χ1n) is 9.17. The molecule has 2 N–H and O–H groups in total. The molecule has 2 saturated heterocycles. The van der Waals surface area contributed by atoms with E-state index < -0.39 is 0 Å². The average molecular weight is 326 g/mol. The van der Waals surface area contributed by atoms with Crippen molar-refractivity contribution in [2.75, 3.05) is 53.0 Å². The van der Waals surface area contributed by atoms with Crippen LogP contribution in [0, 0.1) is 0 Å². The number of aliphatic imine (C=N–C) groups is 1. The van der Waals surface area contributed by atoms with Gasteiger partial charge in [0.05, 0.1) is 12.7 Å². The zero-order valence-corrected chi connectivity index (χ0v) is 14.9. The molecule has 0 radical (unpaired) electrons. The molecule has 2 unspecified atom stereocenters. The monoisotopic (exact) mass is 326 g/mol. The van der Waals surface area contributed by atoms with Crippen LogP contribution in [0.15, 0.2) is 4.99 Å². The zero-order valence-electron chi connectivity index (χ0n) is 14.9. The molecule has 0 spiro atoms. The molecular weight excluding hydrogens is 292 g/mol. The lowest BCUT2D eigenvalue weighted by Gasteiger charge is -2.33. The standard InChI is InChI=1S/C17H34N4O2/c1-15-6-3-4-10-21(15)11-9-20-17(18-2)19-8-5-12-23-16-7-13-22-14-16/h15-16H,3-14H2,1-2H3,(H2,18,19,20). The van der Waals surface area contributed by atoms with Gasteiger partial charge in [-0.05, 0) is 39.2 Å². The Morgan fingerprint density at radius 1 is 1.26 bits per heavy atom. The minimum Gasteiger partial charge on any atom is -0.379 e. The van der Waals surface area contributed by atoms with Crippen molar-refractivity contribution < 1.29 is 9.47 Å². The predicted octanol–water partition coefficient (Wildman–Crippen LogP) is 1.22. The van der Waals surface area contributed by atoms with E-state index in [1.54, 1.807) is 0 Å². The molecule has 2 aliphatic rings. The lowest BCUT2D eigenvalue weighted by atomic mass is 10.0. The third-order valence-electron chi connectivity index (χ3n) is 4.71. The third-order valence-corrected chi connectivity index (χ3v) is 4.71. The number of nitrogens with one attached hydrogen (secondary N) is 2. The molecule has 2 aliphatic heterocycles. The van der Waals surface area contributed by atoms with E-state index in [1.165, 1.54) is 25.8 Å². The van der Waals surface area contributed by atoms with Crippen LogP contribution in [0.5, 0.6) is 0 Å². The summed E-state index contributed by atoms with van der Waals surface area (Å²) in [6.45, 7) is 8.86. The molecule has 0 bridgehead atoms. The van der Waals surface area contributed by atoms with Crippen molar-refractivity contribution in [2.45, 2.75) is 51.2 Å². The van der Waals surface area contributed by atoms with Gasteiger partial charge in [0.2, 0.25) is 0 Å². The number of hydrogen-bond acceptors (Lipinski definition) is 4. The molecular formula is C17H34N4O2. The van der Waals surface area contributed by atoms with E-state index in [9.17, 15) is 0 Å². The summed E-state index contributed by atoms with van der Waals surface area (Å²) in [6, 6.07) is 0.720. The van der Waals surface area contributed by atoms with Gasteiger partial charge in [0.25, 0.3) is 0 Å². The summed E-state index contributed by atoms with van der Waals surface area (Å²) >= 11 is 0. The van der Waals surface area contributed by atoms with E-state index in [2.05, 4.69) is 27.4 Å². The lowest BCUT2D eigenvalue weighted by molar-refractivity contribution is 0.0420.